The van der Waals surface area contributed by atoms with Crippen molar-refractivity contribution in [3.63, 3.8) is 0 Å². The molecule has 5 aromatic rings. The van der Waals surface area contributed by atoms with Crippen LogP contribution >= 0.6 is 0 Å². The molecule has 0 radical (unpaired) electrons. The molecule has 2 bridgehead atoms. The number of piperazine rings is 1. The molecule has 0 unspecified atom stereocenters. The molecule has 1 fully saturated rings. The summed E-state index contributed by atoms with van der Waals surface area (Å²) in [5, 5.41) is 17.0. The number of aryl methyl sites for hydroxylation is 1. The van der Waals surface area contributed by atoms with Crippen LogP contribution < -0.4 is 19.7 Å². The second kappa shape index (κ2) is 8.97. The van der Waals surface area contributed by atoms with Crippen molar-refractivity contribution in [2.24, 2.45) is 0 Å². The first kappa shape index (κ1) is 23.0. The first-order valence-corrected chi connectivity index (χ1v) is 12.4. The number of carboxylic acid groups (broad SMARTS) is 1. The minimum atomic E-state index is -0.937. The number of fused-ring (bicyclic) bond motifs is 6. The average molecular weight is 526 g/mol. The Hall–Kier alpha value is -5.20. The number of anilines is 3. The molecule has 1 aromatic carbocycles. The number of nitrogens with zero attached hydrogens (tertiary/aromatic N) is 8. The molecule has 0 spiro atoms. The fourth-order valence-electron chi connectivity index (χ4n) is 4.98. The highest BCUT2D eigenvalue weighted by molar-refractivity contribution is 5.90. The van der Waals surface area contributed by atoms with Crippen molar-refractivity contribution < 1.29 is 19.4 Å². The maximum absolute atomic E-state index is 11.6. The predicted octanol–water partition coefficient (Wildman–Crippen LogP) is 3.47. The number of pyridine rings is 2. The van der Waals surface area contributed by atoms with E-state index < -0.39 is 6.09 Å². The third kappa shape index (κ3) is 4.13. The van der Waals surface area contributed by atoms with Gasteiger partial charge in [-0.25, -0.2) is 29.2 Å². The molecule has 6 heterocycles. The van der Waals surface area contributed by atoms with Gasteiger partial charge in [0.05, 0.1) is 11.6 Å². The van der Waals surface area contributed by atoms with Crippen molar-refractivity contribution in [3.8, 4) is 17.2 Å². The van der Waals surface area contributed by atoms with E-state index in [2.05, 4.69) is 30.3 Å². The molecule has 2 N–H and O–H groups in total. The smallest absolute Gasteiger partial charge is 0.407 e. The molecular formula is C26H23N9O4. The van der Waals surface area contributed by atoms with E-state index in [1.54, 1.807) is 10.7 Å². The Morgan fingerprint density at radius 1 is 1.13 bits per heavy atom. The number of benzene rings is 1. The number of carbonyl (C=O) groups is 1. The monoisotopic (exact) mass is 525 g/mol. The second-order valence-corrected chi connectivity index (χ2v) is 9.42. The number of aromatic nitrogens is 6. The second-order valence-electron chi connectivity index (χ2n) is 9.42. The van der Waals surface area contributed by atoms with E-state index in [0.29, 0.717) is 65.2 Å². The molecule has 13 heteroatoms. The fraction of sp³-hybridized carbons (Fsp3) is 0.231. The van der Waals surface area contributed by atoms with E-state index in [0.717, 1.165) is 11.3 Å². The van der Waals surface area contributed by atoms with Gasteiger partial charge in [0.1, 0.15) is 36.3 Å². The molecular weight excluding hydrogens is 502 g/mol. The molecule has 4 aromatic heterocycles. The lowest BCUT2D eigenvalue weighted by Crippen LogP contribution is -2.56. The Kier molecular flexibility index (Phi) is 5.28. The minimum Gasteiger partial charge on any atom is -0.487 e. The van der Waals surface area contributed by atoms with Gasteiger partial charge in [0, 0.05) is 43.7 Å². The number of amides is 1. The van der Waals surface area contributed by atoms with Crippen LogP contribution in [0.25, 0.3) is 16.7 Å². The van der Waals surface area contributed by atoms with Gasteiger partial charge in [0.15, 0.2) is 23.0 Å². The van der Waals surface area contributed by atoms with Gasteiger partial charge in [0.25, 0.3) is 0 Å². The maximum Gasteiger partial charge on any atom is 0.407 e. The lowest BCUT2D eigenvalue weighted by molar-refractivity contribution is 0.101. The van der Waals surface area contributed by atoms with Crippen LogP contribution in [0.3, 0.4) is 0 Å². The highest BCUT2D eigenvalue weighted by Gasteiger charge is 2.35. The van der Waals surface area contributed by atoms with Gasteiger partial charge in [-0.15, -0.1) is 0 Å². The van der Waals surface area contributed by atoms with Crippen molar-refractivity contribution in [3.05, 3.63) is 60.8 Å². The zero-order chi connectivity index (χ0) is 26.5. The van der Waals surface area contributed by atoms with Crippen molar-refractivity contribution >= 4 is 40.1 Å². The Balaban J connectivity index is 1.16. The summed E-state index contributed by atoms with van der Waals surface area (Å²) in [5.41, 5.74) is 3.67. The van der Waals surface area contributed by atoms with Crippen LogP contribution in [0.2, 0.25) is 0 Å². The summed E-state index contributed by atoms with van der Waals surface area (Å²) in [5.74, 6) is 3.19. The summed E-state index contributed by atoms with van der Waals surface area (Å²) < 4.78 is 13.8. The molecule has 1 atom stereocenters. The van der Waals surface area contributed by atoms with Crippen LogP contribution in [0, 0.1) is 6.92 Å². The zero-order valence-corrected chi connectivity index (χ0v) is 20.9. The minimum absolute atomic E-state index is 0.264. The SMILES string of the molecule is Cc1cc(Nc2ncnc3cc4c(nc23)N2CCN(C(=O)O)[C@@H](CO4)C2)ccc1Oc1ccn2ncnc2c1. The van der Waals surface area contributed by atoms with Crippen molar-refractivity contribution in [1.29, 1.82) is 0 Å². The summed E-state index contributed by atoms with van der Waals surface area (Å²) in [4.78, 5) is 33.1. The van der Waals surface area contributed by atoms with Gasteiger partial charge >= 0.3 is 6.09 Å². The normalized spacial score (nSPS) is 16.5. The number of ether oxygens (including phenoxy) is 2. The zero-order valence-electron chi connectivity index (χ0n) is 20.9. The first-order valence-electron chi connectivity index (χ1n) is 12.4. The van der Waals surface area contributed by atoms with E-state index in [4.69, 9.17) is 14.5 Å². The lowest BCUT2D eigenvalue weighted by atomic mass is 10.2. The largest absolute Gasteiger partial charge is 0.487 e. The highest BCUT2D eigenvalue weighted by atomic mass is 16.5. The van der Waals surface area contributed by atoms with Gasteiger partial charge < -0.3 is 24.8 Å². The van der Waals surface area contributed by atoms with Crippen LogP contribution in [-0.4, -0.2) is 77.9 Å². The summed E-state index contributed by atoms with van der Waals surface area (Å²) in [6, 6.07) is 11.0. The summed E-state index contributed by atoms with van der Waals surface area (Å²) in [6.45, 7) is 3.66. The molecule has 2 aliphatic rings. The summed E-state index contributed by atoms with van der Waals surface area (Å²) in [6.07, 6.45) is 3.84. The summed E-state index contributed by atoms with van der Waals surface area (Å²) >= 11 is 0. The molecule has 13 nitrogen and oxygen atoms in total. The standard InChI is InChI=1S/C26H23N9O4/c1-15-8-16(2-3-20(15)39-18-4-5-35-22(9-18)28-14-30-35)31-24-23-19(27-13-29-24)10-21-25(32-23)33-6-7-34(26(36)37)17(11-33)12-38-21/h2-5,8-10,13-14,17H,6-7,11-12H2,1H3,(H,36,37)(H,27,29,31)/t17-/m1/s1. The van der Waals surface area contributed by atoms with Crippen LogP contribution in [0.15, 0.2) is 55.2 Å². The number of nitrogens with one attached hydrogen (secondary N) is 1. The molecule has 0 aliphatic carbocycles. The Labute approximate surface area is 221 Å². The Bertz CT molecular complexity index is 1740. The Morgan fingerprint density at radius 2 is 2.05 bits per heavy atom. The number of hydrogen-bond donors (Lipinski definition) is 2. The lowest BCUT2D eigenvalue weighted by Gasteiger charge is -2.37. The van der Waals surface area contributed by atoms with Crippen LogP contribution in [0.1, 0.15) is 5.56 Å². The summed E-state index contributed by atoms with van der Waals surface area (Å²) in [7, 11) is 0. The highest BCUT2D eigenvalue weighted by Crippen LogP contribution is 2.36. The van der Waals surface area contributed by atoms with Crippen LogP contribution in [0.5, 0.6) is 17.2 Å². The predicted molar refractivity (Wildman–Crippen MR) is 141 cm³/mol. The van der Waals surface area contributed by atoms with Gasteiger partial charge in [-0.3, -0.25) is 4.90 Å². The van der Waals surface area contributed by atoms with E-state index >= 15 is 0 Å². The Morgan fingerprint density at radius 3 is 2.92 bits per heavy atom. The maximum atomic E-state index is 11.6. The molecule has 0 saturated carbocycles. The molecule has 1 saturated heterocycles. The van der Waals surface area contributed by atoms with Crippen molar-refractivity contribution in [2.45, 2.75) is 13.0 Å². The quantitative estimate of drug-likeness (QED) is 0.356. The van der Waals surface area contributed by atoms with Gasteiger partial charge in [-0.2, -0.15) is 5.10 Å². The van der Waals surface area contributed by atoms with E-state index in [-0.39, 0.29) is 12.6 Å². The molecule has 2 aliphatic heterocycles. The molecule has 7 rings (SSSR count). The van der Waals surface area contributed by atoms with Crippen molar-refractivity contribution in [2.75, 3.05) is 36.5 Å². The molecule has 39 heavy (non-hydrogen) atoms. The fourth-order valence-corrected chi connectivity index (χ4v) is 4.98. The third-order valence-electron chi connectivity index (χ3n) is 6.93. The van der Waals surface area contributed by atoms with Crippen molar-refractivity contribution in [1.82, 2.24) is 34.4 Å². The van der Waals surface area contributed by atoms with Crippen LogP contribution in [0.4, 0.5) is 22.1 Å². The van der Waals surface area contributed by atoms with Gasteiger partial charge in [-0.1, -0.05) is 0 Å². The van der Waals surface area contributed by atoms with E-state index in [1.165, 1.54) is 17.6 Å². The topological polar surface area (TPSA) is 143 Å². The number of hydrogen-bond acceptors (Lipinski definition) is 10. The average Bonchev–Trinajstić information content (AvgIpc) is 3.36. The van der Waals surface area contributed by atoms with E-state index in [1.807, 2.05) is 43.3 Å². The third-order valence-corrected chi connectivity index (χ3v) is 6.93. The van der Waals surface area contributed by atoms with Gasteiger partial charge in [0.2, 0.25) is 0 Å². The van der Waals surface area contributed by atoms with Crippen LogP contribution in [-0.2, 0) is 0 Å². The van der Waals surface area contributed by atoms with E-state index in [9.17, 15) is 9.90 Å². The molecule has 1 amide bonds. The molecule has 196 valence electrons. The number of rotatable bonds is 4. The van der Waals surface area contributed by atoms with Gasteiger partial charge in [-0.05, 0) is 36.8 Å². The first-order chi connectivity index (χ1) is 19.0.